The van der Waals surface area contributed by atoms with Crippen LogP contribution in [0.25, 0.3) is 0 Å². The Morgan fingerprint density at radius 2 is 2.07 bits per heavy atom. The molecule has 1 N–H and O–H groups in total. The predicted molar refractivity (Wildman–Crippen MR) is 57.3 cm³/mol. The molecule has 14 heavy (non-hydrogen) atoms. The van der Waals surface area contributed by atoms with Gasteiger partial charge in [0.2, 0.25) is 0 Å². The second kappa shape index (κ2) is 6.77. The summed E-state index contributed by atoms with van der Waals surface area (Å²) < 4.78 is 5.03. The van der Waals surface area contributed by atoms with Gasteiger partial charge in [-0.05, 0) is 19.9 Å². The van der Waals surface area contributed by atoms with Crippen LogP contribution in [0.3, 0.4) is 0 Å². The Morgan fingerprint density at radius 1 is 1.43 bits per heavy atom. The summed E-state index contributed by atoms with van der Waals surface area (Å²) in [5, 5.41) is 14.3. The van der Waals surface area contributed by atoms with E-state index in [9.17, 15) is 0 Å². The lowest BCUT2D eigenvalue weighted by Gasteiger charge is -1.98. The third kappa shape index (κ3) is 5.88. The molecule has 0 amide bonds. The molecule has 0 fully saturated rings. The average molecular weight is 193 g/mol. The maximum absolute atomic E-state index is 7.03. The highest BCUT2D eigenvalue weighted by molar-refractivity contribution is 5.76. The van der Waals surface area contributed by atoms with Crippen LogP contribution < -0.4 is 0 Å². The maximum atomic E-state index is 7.03. The van der Waals surface area contributed by atoms with Crippen LogP contribution in [0, 0.1) is 5.41 Å². The summed E-state index contributed by atoms with van der Waals surface area (Å²) >= 11 is 0. The number of azo groups is 1. The predicted octanol–water partition coefficient (Wildman–Crippen LogP) is 3.06. The normalized spacial score (nSPS) is 12.4. The van der Waals surface area contributed by atoms with Crippen LogP contribution >= 0.6 is 0 Å². The van der Waals surface area contributed by atoms with Crippen molar-refractivity contribution in [2.75, 3.05) is 7.11 Å². The number of ether oxygens (including phenoxy) is 1. The number of allylic oxidation sites excluding steroid dienone is 3. The van der Waals surface area contributed by atoms with E-state index < -0.39 is 0 Å². The molecule has 0 heterocycles. The summed E-state index contributed by atoms with van der Waals surface area (Å²) in [5.74, 6) is 0.795. The molecule has 0 radical (unpaired) electrons. The Morgan fingerprint density at radius 3 is 2.50 bits per heavy atom. The van der Waals surface area contributed by atoms with Gasteiger partial charge in [0.25, 0.3) is 0 Å². The van der Waals surface area contributed by atoms with Crippen molar-refractivity contribution in [3.05, 3.63) is 36.3 Å². The van der Waals surface area contributed by atoms with Crippen molar-refractivity contribution < 1.29 is 4.74 Å². The van der Waals surface area contributed by atoms with Gasteiger partial charge in [-0.25, -0.2) is 0 Å². The highest BCUT2D eigenvalue weighted by atomic mass is 16.5. The van der Waals surface area contributed by atoms with E-state index >= 15 is 0 Å². The zero-order valence-corrected chi connectivity index (χ0v) is 8.74. The molecule has 0 aliphatic carbocycles. The Kier molecular flexibility index (Phi) is 5.94. The van der Waals surface area contributed by atoms with Gasteiger partial charge in [0.05, 0.1) is 12.8 Å². The largest absolute Gasteiger partial charge is 0.497 e. The van der Waals surface area contributed by atoms with Gasteiger partial charge in [-0.3, -0.25) is 5.41 Å². The van der Waals surface area contributed by atoms with E-state index in [-0.39, 0.29) is 5.84 Å². The van der Waals surface area contributed by atoms with Crippen molar-refractivity contribution in [2.45, 2.75) is 13.8 Å². The maximum Gasteiger partial charge on any atom is 0.140 e. The van der Waals surface area contributed by atoms with Gasteiger partial charge in [-0.2, -0.15) is 0 Å². The first-order valence-corrected chi connectivity index (χ1v) is 4.14. The second-order valence-electron chi connectivity index (χ2n) is 2.53. The molecule has 0 aliphatic heterocycles. The molecule has 0 aliphatic rings. The van der Waals surface area contributed by atoms with Crippen LogP contribution in [0.4, 0.5) is 0 Å². The quantitative estimate of drug-likeness (QED) is 0.241. The van der Waals surface area contributed by atoms with Gasteiger partial charge in [0.15, 0.2) is 0 Å². The van der Waals surface area contributed by atoms with Gasteiger partial charge in [0, 0.05) is 6.08 Å². The fraction of sp³-hybridized carbons (Fsp3) is 0.300. The summed E-state index contributed by atoms with van der Waals surface area (Å²) in [4.78, 5) is 0. The highest BCUT2D eigenvalue weighted by Crippen LogP contribution is 2.05. The molecular weight excluding hydrogens is 178 g/mol. The van der Waals surface area contributed by atoms with E-state index in [1.165, 1.54) is 0 Å². The zero-order valence-electron chi connectivity index (χ0n) is 8.74. The summed E-state index contributed by atoms with van der Waals surface area (Å²) in [7, 11) is 1.57. The summed E-state index contributed by atoms with van der Waals surface area (Å²) in [6.07, 6.45) is 5.28. The lowest BCUT2D eigenvalue weighted by Crippen LogP contribution is -1.83. The number of hydrogen-bond acceptors (Lipinski definition) is 3. The van der Waals surface area contributed by atoms with E-state index in [4.69, 9.17) is 10.1 Å². The molecule has 0 bridgehead atoms. The van der Waals surface area contributed by atoms with E-state index in [0.29, 0.717) is 11.5 Å². The second-order valence-corrected chi connectivity index (χ2v) is 2.53. The van der Waals surface area contributed by atoms with Crippen LogP contribution in [0.5, 0.6) is 0 Å². The van der Waals surface area contributed by atoms with Crippen LogP contribution in [-0.4, -0.2) is 12.9 Å². The topological polar surface area (TPSA) is 57.8 Å². The van der Waals surface area contributed by atoms with Crippen LogP contribution in [0.1, 0.15) is 13.8 Å². The molecule has 0 saturated carbocycles. The first-order chi connectivity index (χ1) is 6.60. The van der Waals surface area contributed by atoms with Crippen LogP contribution in [-0.2, 0) is 4.74 Å². The van der Waals surface area contributed by atoms with Gasteiger partial charge in [-0.15, -0.1) is 10.2 Å². The van der Waals surface area contributed by atoms with Crippen molar-refractivity contribution in [3.63, 3.8) is 0 Å². The summed E-state index contributed by atoms with van der Waals surface area (Å²) in [5.41, 5.74) is 0.451. The smallest absolute Gasteiger partial charge is 0.140 e. The Labute approximate surface area is 84.2 Å². The SMILES string of the molecule is C=C(/C=C(\C=C/C)OC)N=NC(C)=N. The molecule has 0 unspecified atom stereocenters. The number of rotatable bonds is 4. The van der Waals surface area contributed by atoms with E-state index in [2.05, 4.69) is 16.8 Å². The Balaban J connectivity index is 4.47. The van der Waals surface area contributed by atoms with Gasteiger partial charge in [0.1, 0.15) is 11.6 Å². The van der Waals surface area contributed by atoms with Crippen LogP contribution in [0.2, 0.25) is 0 Å². The van der Waals surface area contributed by atoms with Crippen molar-refractivity contribution in [1.82, 2.24) is 0 Å². The van der Waals surface area contributed by atoms with Crippen molar-refractivity contribution in [3.8, 4) is 0 Å². The molecule has 0 aromatic heterocycles. The zero-order chi connectivity index (χ0) is 11.0. The monoisotopic (exact) mass is 193 g/mol. The van der Waals surface area contributed by atoms with Gasteiger partial charge >= 0.3 is 0 Å². The standard InChI is InChI=1S/C10H15N3O/c1-5-6-10(14-4)7-8(2)12-13-9(3)11/h5-7,11H,2H2,1,3-4H3/b6-5-,10-7+,11-9?,13-12?. The first-order valence-electron chi connectivity index (χ1n) is 4.14. The van der Waals surface area contributed by atoms with Crippen molar-refractivity contribution >= 4 is 5.84 Å². The molecule has 0 atom stereocenters. The fourth-order valence-corrected chi connectivity index (χ4v) is 0.672. The minimum Gasteiger partial charge on any atom is -0.497 e. The minimum absolute atomic E-state index is 0.143. The third-order valence-corrected chi connectivity index (χ3v) is 1.20. The average Bonchev–Trinajstić information content (AvgIpc) is 2.14. The number of nitrogens with one attached hydrogen (secondary N) is 1. The van der Waals surface area contributed by atoms with E-state index in [0.717, 1.165) is 0 Å². The molecule has 0 aromatic rings. The number of amidine groups is 1. The van der Waals surface area contributed by atoms with E-state index in [1.807, 2.05) is 13.0 Å². The highest BCUT2D eigenvalue weighted by Gasteiger charge is 1.91. The molecular formula is C10H15N3O. The summed E-state index contributed by atoms with van der Waals surface area (Å²) in [6, 6.07) is 0. The third-order valence-electron chi connectivity index (χ3n) is 1.20. The van der Waals surface area contributed by atoms with Gasteiger partial charge in [-0.1, -0.05) is 12.7 Å². The Hall–Kier alpha value is -1.71. The van der Waals surface area contributed by atoms with E-state index in [1.54, 1.807) is 26.2 Å². The first kappa shape index (κ1) is 12.3. The van der Waals surface area contributed by atoms with Crippen molar-refractivity contribution in [1.29, 1.82) is 5.41 Å². The molecule has 4 heteroatoms. The Bertz CT molecular complexity index is 300. The number of nitrogens with zero attached hydrogens (tertiary/aromatic N) is 2. The molecule has 76 valence electrons. The van der Waals surface area contributed by atoms with Crippen LogP contribution in [0.15, 0.2) is 46.5 Å². The minimum atomic E-state index is 0.143. The van der Waals surface area contributed by atoms with Crippen molar-refractivity contribution in [2.24, 2.45) is 10.2 Å². The number of hydrogen-bond donors (Lipinski definition) is 1. The number of methoxy groups -OCH3 is 1. The molecule has 4 nitrogen and oxygen atoms in total. The lowest BCUT2D eigenvalue weighted by molar-refractivity contribution is 0.306. The molecule has 0 spiro atoms. The molecule has 0 saturated heterocycles. The molecule has 0 rings (SSSR count). The lowest BCUT2D eigenvalue weighted by atomic mass is 10.3. The van der Waals surface area contributed by atoms with Gasteiger partial charge < -0.3 is 4.74 Å². The molecule has 0 aromatic carbocycles. The summed E-state index contributed by atoms with van der Waals surface area (Å²) in [6.45, 7) is 7.08. The fourth-order valence-electron chi connectivity index (χ4n) is 0.672.